The summed E-state index contributed by atoms with van der Waals surface area (Å²) < 4.78 is 6.62. The highest BCUT2D eigenvalue weighted by molar-refractivity contribution is 7.17. The van der Waals surface area contributed by atoms with Gasteiger partial charge in [-0.15, -0.1) is 11.3 Å². The van der Waals surface area contributed by atoms with Crippen molar-refractivity contribution >= 4 is 27.4 Å². The lowest BCUT2D eigenvalue weighted by Gasteiger charge is -2.08. The van der Waals surface area contributed by atoms with Crippen LogP contribution in [0.3, 0.4) is 0 Å². The summed E-state index contributed by atoms with van der Waals surface area (Å²) >= 11 is 1.69. The van der Waals surface area contributed by atoms with Crippen molar-refractivity contribution < 1.29 is 4.74 Å². The van der Waals surface area contributed by atoms with Crippen LogP contribution < -0.4 is 10.1 Å². The molecule has 3 aromatic rings. The first-order valence-corrected chi connectivity index (χ1v) is 7.79. The molecule has 0 unspecified atom stereocenters. The third kappa shape index (κ3) is 2.80. The maximum absolute atomic E-state index is 5.45. The van der Waals surface area contributed by atoms with Crippen LogP contribution in [0.2, 0.25) is 0 Å². The molecule has 0 aliphatic carbocycles. The Labute approximate surface area is 127 Å². The fraction of sp³-hybridized carbons (Fsp3) is 0.267. The predicted octanol–water partition coefficient (Wildman–Crippen LogP) is 3.58. The van der Waals surface area contributed by atoms with Gasteiger partial charge in [0.2, 0.25) is 5.95 Å². The average molecular weight is 300 g/mol. The van der Waals surface area contributed by atoms with Crippen molar-refractivity contribution in [1.29, 1.82) is 0 Å². The van der Waals surface area contributed by atoms with Crippen LogP contribution in [0.1, 0.15) is 13.8 Å². The zero-order valence-corrected chi connectivity index (χ0v) is 12.8. The molecule has 0 spiro atoms. The van der Waals surface area contributed by atoms with E-state index in [0.717, 1.165) is 12.1 Å². The van der Waals surface area contributed by atoms with Crippen LogP contribution in [0.25, 0.3) is 21.5 Å². The summed E-state index contributed by atoms with van der Waals surface area (Å²) in [4.78, 5) is 13.2. The van der Waals surface area contributed by atoms with Gasteiger partial charge in [-0.05, 0) is 36.7 Å². The number of fused-ring (bicyclic) bond motifs is 1. The van der Waals surface area contributed by atoms with Crippen LogP contribution in [0.4, 0.5) is 5.95 Å². The lowest BCUT2D eigenvalue weighted by atomic mass is 10.1. The van der Waals surface area contributed by atoms with E-state index in [1.54, 1.807) is 11.3 Å². The number of nitrogens with one attached hydrogen (secondary N) is 1. The molecular weight excluding hydrogens is 284 g/mol. The Bertz CT molecular complexity index is 732. The number of hydrogen-bond acceptors (Lipinski definition) is 6. The van der Waals surface area contributed by atoms with Crippen molar-refractivity contribution in [2.75, 3.05) is 18.5 Å². The maximum atomic E-state index is 5.45. The standard InChI is InChI=1S/C15H16N4OS/c1-3-16-14-17-13(18-15(19-14)20-4-2)11-7-5-6-10-8-9-21-12(10)11/h5-9H,3-4H2,1-2H3,(H,16,17,18,19). The molecule has 1 N–H and O–H groups in total. The number of thiophene rings is 1. The summed E-state index contributed by atoms with van der Waals surface area (Å²) in [5.41, 5.74) is 1.00. The van der Waals surface area contributed by atoms with Gasteiger partial charge in [0.1, 0.15) is 0 Å². The predicted molar refractivity (Wildman–Crippen MR) is 86.0 cm³/mol. The number of anilines is 1. The van der Waals surface area contributed by atoms with Gasteiger partial charge in [0.05, 0.1) is 6.61 Å². The first kappa shape index (κ1) is 13.8. The second-order valence-corrected chi connectivity index (χ2v) is 5.29. The highest BCUT2D eigenvalue weighted by Gasteiger charge is 2.12. The molecule has 21 heavy (non-hydrogen) atoms. The molecule has 0 bridgehead atoms. The van der Waals surface area contributed by atoms with E-state index < -0.39 is 0 Å². The minimum Gasteiger partial charge on any atom is -0.464 e. The molecule has 1 aromatic carbocycles. The van der Waals surface area contributed by atoms with Crippen LogP contribution in [0.5, 0.6) is 6.01 Å². The highest BCUT2D eigenvalue weighted by atomic mass is 32.1. The van der Waals surface area contributed by atoms with Gasteiger partial charge in [0.25, 0.3) is 0 Å². The summed E-state index contributed by atoms with van der Waals surface area (Å²) in [5, 5.41) is 6.39. The van der Waals surface area contributed by atoms with E-state index in [0.29, 0.717) is 24.4 Å². The zero-order chi connectivity index (χ0) is 14.7. The molecule has 0 atom stereocenters. The van der Waals surface area contributed by atoms with Crippen molar-refractivity contribution in [2.45, 2.75) is 13.8 Å². The van der Waals surface area contributed by atoms with Gasteiger partial charge in [-0.3, -0.25) is 0 Å². The summed E-state index contributed by atoms with van der Waals surface area (Å²) in [5.74, 6) is 1.18. The molecule has 0 radical (unpaired) electrons. The van der Waals surface area contributed by atoms with Crippen molar-refractivity contribution in [3.63, 3.8) is 0 Å². The van der Waals surface area contributed by atoms with E-state index in [4.69, 9.17) is 4.74 Å². The average Bonchev–Trinajstić information content (AvgIpc) is 2.96. The molecule has 6 heteroatoms. The number of ether oxygens (including phenoxy) is 1. The molecule has 0 aliphatic heterocycles. The molecule has 108 valence electrons. The second-order valence-electron chi connectivity index (χ2n) is 4.37. The first-order valence-electron chi connectivity index (χ1n) is 6.91. The van der Waals surface area contributed by atoms with E-state index in [-0.39, 0.29) is 0 Å². The van der Waals surface area contributed by atoms with Gasteiger partial charge in [0, 0.05) is 16.8 Å². The van der Waals surface area contributed by atoms with E-state index in [2.05, 4.69) is 37.8 Å². The molecule has 2 aromatic heterocycles. The first-order chi connectivity index (χ1) is 10.3. The lowest BCUT2D eigenvalue weighted by molar-refractivity contribution is 0.312. The summed E-state index contributed by atoms with van der Waals surface area (Å²) in [6.07, 6.45) is 0. The van der Waals surface area contributed by atoms with Gasteiger partial charge < -0.3 is 10.1 Å². The zero-order valence-electron chi connectivity index (χ0n) is 12.0. The minimum absolute atomic E-state index is 0.354. The Morgan fingerprint density at radius 2 is 2.05 bits per heavy atom. The molecule has 0 aliphatic rings. The number of rotatable bonds is 5. The van der Waals surface area contributed by atoms with Crippen molar-refractivity contribution in [1.82, 2.24) is 15.0 Å². The highest BCUT2D eigenvalue weighted by Crippen LogP contribution is 2.31. The van der Waals surface area contributed by atoms with Crippen LogP contribution >= 0.6 is 11.3 Å². The number of hydrogen-bond donors (Lipinski definition) is 1. The Morgan fingerprint density at radius 3 is 2.86 bits per heavy atom. The summed E-state index contributed by atoms with van der Waals surface area (Å²) in [6.45, 7) is 5.19. The quantitative estimate of drug-likeness (QED) is 0.780. The Morgan fingerprint density at radius 1 is 1.14 bits per heavy atom. The molecule has 2 heterocycles. The molecular formula is C15H16N4OS. The third-order valence-electron chi connectivity index (χ3n) is 2.94. The fourth-order valence-electron chi connectivity index (χ4n) is 2.08. The summed E-state index contributed by atoms with van der Waals surface area (Å²) in [6, 6.07) is 8.58. The van der Waals surface area contributed by atoms with Gasteiger partial charge in [-0.1, -0.05) is 12.1 Å². The third-order valence-corrected chi connectivity index (χ3v) is 3.91. The number of benzene rings is 1. The van der Waals surface area contributed by atoms with Crippen molar-refractivity contribution in [3.8, 4) is 17.4 Å². The Hall–Kier alpha value is -2.21. The number of nitrogens with zero attached hydrogens (tertiary/aromatic N) is 3. The molecule has 0 amide bonds. The van der Waals surface area contributed by atoms with E-state index in [1.807, 2.05) is 26.0 Å². The van der Waals surface area contributed by atoms with Gasteiger partial charge in [-0.25, -0.2) is 0 Å². The van der Waals surface area contributed by atoms with Crippen molar-refractivity contribution in [2.24, 2.45) is 0 Å². The van der Waals surface area contributed by atoms with Gasteiger partial charge in [-0.2, -0.15) is 15.0 Å². The normalized spacial score (nSPS) is 10.8. The maximum Gasteiger partial charge on any atom is 0.321 e. The fourth-order valence-corrected chi connectivity index (χ4v) is 2.99. The topological polar surface area (TPSA) is 59.9 Å². The molecule has 5 nitrogen and oxygen atoms in total. The largest absolute Gasteiger partial charge is 0.464 e. The van der Waals surface area contributed by atoms with Crippen LogP contribution in [0, 0.1) is 0 Å². The minimum atomic E-state index is 0.354. The number of aromatic nitrogens is 3. The summed E-state index contributed by atoms with van der Waals surface area (Å²) in [7, 11) is 0. The van der Waals surface area contributed by atoms with Crippen LogP contribution in [0.15, 0.2) is 29.6 Å². The lowest BCUT2D eigenvalue weighted by Crippen LogP contribution is -2.07. The van der Waals surface area contributed by atoms with Gasteiger partial charge >= 0.3 is 6.01 Å². The SMILES string of the molecule is CCNc1nc(OCC)nc(-c2cccc3ccsc23)n1. The van der Waals surface area contributed by atoms with Gasteiger partial charge in [0.15, 0.2) is 5.82 Å². The molecule has 3 rings (SSSR count). The van der Waals surface area contributed by atoms with E-state index >= 15 is 0 Å². The van der Waals surface area contributed by atoms with Crippen LogP contribution in [-0.2, 0) is 0 Å². The monoisotopic (exact) mass is 300 g/mol. The van der Waals surface area contributed by atoms with Crippen molar-refractivity contribution in [3.05, 3.63) is 29.6 Å². The Balaban J connectivity index is 2.14. The molecule has 0 saturated carbocycles. The molecule has 0 saturated heterocycles. The van der Waals surface area contributed by atoms with E-state index in [1.165, 1.54) is 10.1 Å². The second kappa shape index (κ2) is 6.05. The van der Waals surface area contributed by atoms with E-state index in [9.17, 15) is 0 Å². The van der Waals surface area contributed by atoms with Crippen LogP contribution in [-0.4, -0.2) is 28.1 Å². The Kier molecular flexibility index (Phi) is 3.96. The smallest absolute Gasteiger partial charge is 0.321 e. The molecule has 0 fully saturated rings.